The summed E-state index contributed by atoms with van der Waals surface area (Å²) in [6.07, 6.45) is 1.93. The Morgan fingerprint density at radius 2 is 1.30 bits per heavy atom. The fourth-order valence-electron chi connectivity index (χ4n) is 6.98. The Morgan fingerprint density at radius 3 is 1.89 bits per heavy atom. The molecule has 22 heteroatoms. The molecule has 2 aliphatic rings. The molecule has 66 heavy (non-hydrogen) atoms. The summed E-state index contributed by atoms with van der Waals surface area (Å²) >= 11 is 1.78. The molecule has 2 aliphatic heterocycles. The minimum Gasteiger partial charge on any atom is -0.460 e. The van der Waals surface area contributed by atoms with E-state index in [0.29, 0.717) is 19.3 Å². The number of amides is 7. The van der Waals surface area contributed by atoms with Gasteiger partial charge in [0, 0.05) is 30.5 Å². The van der Waals surface area contributed by atoms with Crippen molar-refractivity contribution in [3.63, 3.8) is 0 Å². The normalized spacial score (nSPS) is 18.8. The van der Waals surface area contributed by atoms with Crippen LogP contribution in [0.25, 0.3) is 0 Å². The maximum absolute atomic E-state index is 14.3. The Kier molecular flexibility index (Phi) is 22.8. The summed E-state index contributed by atoms with van der Waals surface area (Å²) in [6.45, 7) is 18.9. The van der Waals surface area contributed by atoms with E-state index in [4.69, 9.17) is 25.7 Å². The SMILES string of the molecule is CC(C)[C@H](NC(=O)[C@H](CC(=O)OC(C)(C)C)NC(=O)[C@H](CCCCNC(=O)OC(C)(C)C)NC(=O)[C@H](CCCN=C(N)N)NC(=O)CCCC[C@@H]1SC[C@@H]2NC(=O)N[C@@H]21)C(=O)OC(C)(C)C. The molecule has 7 atom stereocenters. The molecule has 2 heterocycles. The number of rotatable bonds is 25. The molecule has 2 saturated heterocycles. The molecule has 2 rings (SSSR count). The average molecular weight is 955 g/mol. The third-order valence-electron chi connectivity index (χ3n) is 9.95. The molecule has 21 nitrogen and oxygen atoms in total. The van der Waals surface area contributed by atoms with Crippen molar-refractivity contribution >= 4 is 65.4 Å². The van der Waals surface area contributed by atoms with Crippen LogP contribution in [0, 0.1) is 5.92 Å². The number of guanidine groups is 1. The van der Waals surface area contributed by atoms with Crippen molar-refractivity contribution in [2.24, 2.45) is 22.4 Å². The molecular weight excluding hydrogens is 877 g/mol. The van der Waals surface area contributed by atoms with Gasteiger partial charge in [0.05, 0.1) is 18.5 Å². The van der Waals surface area contributed by atoms with E-state index in [2.05, 4.69) is 42.2 Å². The molecule has 2 fully saturated rings. The van der Waals surface area contributed by atoms with Crippen LogP contribution in [0.2, 0.25) is 0 Å². The summed E-state index contributed by atoms with van der Waals surface area (Å²) < 4.78 is 16.3. The number of alkyl carbamates (subject to hydrolysis) is 1. The predicted molar refractivity (Wildman–Crippen MR) is 251 cm³/mol. The van der Waals surface area contributed by atoms with Crippen LogP contribution in [-0.2, 0) is 43.0 Å². The molecule has 0 aromatic heterocycles. The molecule has 7 amide bonds. The van der Waals surface area contributed by atoms with Crippen molar-refractivity contribution in [3.05, 3.63) is 0 Å². The van der Waals surface area contributed by atoms with Gasteiger partial charge in [0.2, 0.25) is 23.6 Å². The van der Waals surface area contributed by atoms with E-state index in [1.807, 2.05) is 0 Å². The molecule has 0 spiro atoms. The number of fused-ring (bicyclic) bond motifs is 1. The van der Waals surface area contributed by atoms with Crippen LogP contribution in [0.3, 0.4) is 0 Å². The van der Waals surface area contributed by atoms with Gasteiger partial charge in [0.25, 0.3) is 0 Å². The zero-order valence-corrected chi connectivity index (χ0v) is 41.6. The number of nitrogens with two attached hydrogens (primary N) is 2. The van der Waals surface area contributed by atoms with E-state index in [0.717, 1.165) is 12.2 Å². The van der Waals surface area contributed by atoms with Crippen molar-refractivity contribution in [1.29, 1.82) is 0 Å². The Hall–Kier alpha value is -5.02. The van der Waals surface area contributed by atoms with Crippen LogP contribution in [0.15, 0.2) is 4.99 Å². The largest absolute Gasteiger partial charge is 0.460 e. The van der Waals surface area contributed by atoms with Crippen LogP contribution < -0.4 is 48.7 Å². The van der Waals surface area contributed by atoms with Crippen molar-refractivity contribution in [1.82, 2.24) is 37.2 Å². The Morgan fingerprint density at radius 1 is 0.727 bits per heavy atom. The summed E-state index contributed by atoms with van der Waals surface area (Å²) in [7, 11) is 0. The molecule has 0 aromatic carbocycles. The molecule has 376 valence electrons. The number of hydrogen-bond acceptors (Lipinski definition) is 13. The Balaban J connectivity index is 2.33. The zero-order valence-electron chi connectivity index (χ0n) is 40.8. The lowest BCUT2D eigenvalue weighted by Gasteiger charge is -2.29. The molecule has 11 N–H and O–H groups in total. The van der Waals surface area contributed by atoms with Gasteiger partial charge in [-0.25, -0.2) is 14.4 Å². The van der Waals surface area contributed by atoms with Crippen molar-refractivity contribution in [2.45, 2.75) is 199 Å². The van der Waals surface area contributed by atoms with Crippen LogP contribution in [0.5, 0.6) is 0 Å². The van der Waals surface area contributed by atoms with Gasteiger partial charge < -0.3 is 62.9 Å². The van der Waals surface area contributed by atoms with Crippen molar-refractivity contribution < 1.29 is 52.6 Å². The number of nitrogens with one attached hydrogen (secondary N) is 7. The highest BCUT2D eigenvalue weighted by atomic mass is 32.2. The highest BCUT2D eigenvalue weighted by Crippen LogP contribution is 2.33. The topological polar surface area (TPSA) is 313 Å². The molecule has 0 aliphatic carbocycles. The first-order valence-corrected chi connectivity index (χ1v) is 23.9. The van der Waals surface area contributed by atoms with Gasteiger partial charge in [-0.1, -0.05) is 20.3 Å². The van der Waals surface area contributed by atoms with E-state index in [-0.39, 0.29) is 74.5 Å². The van der Waals surface area contributed by atoms with E-state index in [9.17, 15) is 38.4 Å². The van der Waals surface area contributed by atoms with Crippen LogP contribution in [0.4, 0.5) is 9.59 Å². The quantitative estimate of drug-likeness (QED) is 0.0158. The number of urea groups is 1. The first-order chi connectivity index (χ1) is 30.5. The molecule has 0 saturated carbocycles. The summed E-state index contributed by atoms with van der Waals surface area (Å²) in [4.78, 5) is 110. The second-order valence-corrected chi connectivity index (χ2v) is 21.3. The van der Waals surface area contributed by atoms with E-state index >= 15 is 0 Å². The molecule has 0 bridgehead atoms. The lowest BCUT2D eigenvalue weighted by atomic mass is 10.0. The maximum atomic E-state index is 14.3. The van der Waals surface area contributed by atoms with Crippen LogP contribution >= 0.6 is 11.8 Å². The monoisotopic (exact) mass is 955 g/mol. The first-order valence-electron chi connectivity index (χ1n) is 22.9. The standard InChI is InChI=1S/C44H78N10O11S/c1-25(2)33(38(60)64-43(6,7)8)53-37(59)28(23-32(56)63-42(3,4)5)51-36(58)27(17-14-15-21-48-41(62)65-44(9,10)11)50-35(57)26(18-16-22-47-39(45)46)49-31(55)20-13-12-19-30-34-29(24-66-30)52-40(61)54-34/h25-30,33-34H,12-24H2,1-11H3,(H,48,62)(H,49,55)(H,50,57)(H,51,58)(H,53,59)(H4,45,46,47)(H2,52,54,61)/t26-,27-,28-,29-,30-,33-,34-/m0/s1. The number of aliphatic imine (C=N–C) groups is 1. The maximum Gasteiger partial charge on any atom is 0.407 e. The predicted octanol–water partition coefficient (Wildman–Crippen LogP) is 2.13. The van der Waals surface area contributed by atoms with Gasteiger partial charge in [-0.15, -0.1) is 0 Å². The van der Waals surface area contributed by atoms with Crippen molar-refractivity contribution in [2.75, 3.05) is 18.8 Å². The minimum absolute atomic E-state index is 0.00649. The molecular formula is C44H78N10O11S. The number of hydrogen-bond donors (Lipinski definition) is 9. The summed E-state index contributed by atoms with van der Waals surface area (Å²) in [5.41, 5.74) is 8.49. The fourth-order valence-corrected chi connectivity index (χ4v) is 8.52. The Labute approximate surface area is 394 Å². The second kappa shape index (κ2) is 26.4. The lowest BCUT2D eigenvalue weighted by Crippen LogP contribution is -2.59. The van der Waals surface area contributed by atoms with Crippen LogP contribution in [0.1, 0.15) is 140 Å². The number of unbranched alkanes of at least 4 members (excludes halogenated alkanes) is 2. The number of carbonyl (C=O) groups is 8. The van der Waals surface area contributed by atoms with Gasteiger partial charge in [0.15, 0.2) is 5.96 Å². The third-order valence-corrected chi connectivity index (χ3v) is 11.5. The van der Waals surface area contributed by atoms with Gasteiger partial charge >= 0.3 is 24.1 Å². The number of thioether (sulfide) groups is 1. The number of ether oxygens (including phenoxy) is 3. The van der Waals surface area contributed by atoms with Crippen LogP contribution in [-0.4, -0.2) is 131 Å². The second-order valence-electron chi connectivity index (χ2n) is 20.0. The van der Waals surface area contributed by atoms with Crippen molar-refractivity contribution in [3.8, 4) is 0 Å². The van der Waals surface area contributed by atoms with E-state index in [1.165, 1.54) is 0 Å². The molecule has 0 aromatic rings. The summed E-state index contributed by atoms with van der Waals surface area (Å²) in [6, 6.07) is -5.19. The first kappa shape index (κ1) is 57.1. The summed E-state index contributed by atoms with van der Waals surface area (Å²) in [5, 5.41) is 19.5. The van der Waals surface area contributed by atoms with Gasteiger partial charge in [-0.3, -0.25) is 29.0 Å². The minimum atomic E-state index is -1.56. The smallest absolute Gasteiger partial charge is 0.407 e. The molecule has 0 unspecified atom stereocenters. The number of nitrogens with zero attached hydrogens (tertiary/aromatic N) is 1. The lowest BCUT2D eigenvalue weighted by molar-refractivity contribution is -0.160. The summed E-state index contributed by atoms with van der Waals surface area (Å²) in [5.74, 6) is -4.10. The zero-order chi connectivity index (χ0) is 50.0. The van der Waals surface area contributed by atoms with E-state index in [1.54, 1.807) is 87.9 Å². The number of carbonyl (C=O) groups excluding carboxylic acids is 8. The highest BCUT2D eigenvalue weighted by molar-refractivity contribution is 8.00. The van der Waals surface area contributed by atoms with E-state index < -0.39 is 95.0 Å². The van der Waals surface area contributed by atoms with Gasteiger partial charge in [0.1, 0.15) is 41.0 Å². The van der Waals surface area contributed by atoms with Gasteiger partial charge in [-0.2, -0.15) is 11.8 Å². The Bertz CT molecular complexity index is 1710. The molecule has 0 radical (unpaired) electrons. The van der Waals surface area contributed by atoms with Gasteiger partial charge in [-0.05, 0) is 113 Å². The average Bonchev–Trinajstić information content (AvgIpc) is 3.71. The fraction of sp³-hybridized carbons (Fsp3) is 0.795. The highest BCUT2D eigenvalue weighted by Gasteiger charge is 2.42. The third kappa shape index (κ3) is 22.9. The number of esters is 2.